The van der Waals surface area contributed by atoms with E-state index in [0.29, 0.717) is 5.82 Å². The third kappa shape index (κ3) is 2.45. The highest BCUT2D eigenvalue weighted by molar-refractivity contribution is 7.14. The molecule has 2 heterocycles. The number of aryl methyl sites for hydroxylation is 2. The van der Waals surface area contributed by atoms with Crippen LogP contribution in [0.1, 0.15) is 51.1 Å². The lowest BCUT2D eigenvalue weighted by Gasteiger charge is -2.17. The number of hydrogen-bond donors (Lipinski definition) is 2. The van der Waals surface area contributed by atoms with Gasteiger partial charge in [0.25, 0.3) is 5.91 Å². The number of nitrogens with one attached hydrogen (secondary N) is 2. The molecule has 1 aliphatic carbocycles. The summed E-state index contributed by atoms with van der Waals surface area (Å²) < 4.78 is 0. The van der Waals surface area contributed by atoms with E-state index in [2.05, 4.69) is 25.9 Å². The van der Waals surface area contributed by atoms with Gasteiger partial charge in [0.1, 0.15) is 0 Å². The standard InChI is InChI=1S/C13H17N5OS/c1-7-6-11(20-8(7)2)13(19)14-10-5-3-4-9(10)12-15-17-18-16-12/h6,9-10H,3-5H2,1-2H3,(H,14,19)(H,15,16,17,18). The lowest BCUT2D eigenvalue weighted by molar-refractivity contribution is 0.0938. The SMILES string of the molecule is Cc1cc(C(=O)NC2CCCC2c2nn[nH]n2)sc1C. The normalized spacial score (nSPS) is 22.1. The first-order chi connectivity index (χ1) is 9.65. The molecule has 2 atom stereocenters. The summed E-state index contributed by atoms with van der Waals surface area (Å²) in [5, 5.41) is 17.3. The van der Waals surface area contributed by atoms with Gasteiger partial charge in [0.05, 0.1) is 4.88 Å². The fourth-order valence-corrected chi connectivity index (χ4v) is 3.63. The lowest BCUT2D eigenvalue weighted by Crippen LogP contribution is -2.36. The highest BCUT2D eigenvalue weighted by Crippen LogP contribution is 2.32. The van der Waals surface area contributed by atoms with Crippen molar-refractivity contribution in [3.63, 3.8) is 0 Å². The number of amides is 1. The number of hydrogen-bond acceptors (Lipinski definition) is 5. The van der Waals surface area contributed by atoms with Crippen LogP contribution < -0.4 is 5.32 Å². The quantitative estimate of drug-likeness (QED) is 0.905. The zero-order valence-corrected chi connectivity index (χ0v) is 12.3. The highest BCUT2D eigenvalue weighted by atomic mass is 32.1. The van der Waals surface area contributed by atoms with Crippen molar-refractivity contribution in [1.82, 2.24) is 25.9 Å². The summed E-state index contributed by atoms with van der Waals surface area (Å²) in [4.78, 5) is 14.3. The minimum absolute atomic E-state index is 0.00611. The van der Waals surface area contributed by atoms with Crippen molar-refractivity contribution in [1.29, 1.82) is 0 Å². The van der Waals surface area contributed by atoms with E-state index in [-0.39, 0.29) is 17.9 Å². The van der Waals surface area contributed by atoms with E-state index in [1.807, 2.05) is 19.9 Å². The Morgan fingerprint density at radius 1 is 1.45 bits per heavy atom. The van der Waals surface area contributed by atoms with Crippen LogP contribution >= 0.6 is 11.3 Å². The molecule has 0 aromatic carbocycles. The summed E-state index contributed by atoms with van der Waals surface area (Å²) in [5.41, 5.74) is 1.17. The Kier molecular flexibility index (Phi) is 3.52. The van der Waals surface area contributed by atoms with Gasteiger partial charge in [0.15, 0.2) is 5.82 Å². The van der Waals surface area contributed by atoms with Crippen LogP contribution in [0.4, 0.5) is 0 Å². The van der Waals surface area contributed by atoms with Gasteiger partial charge in [-0.15, -0.1) is 21.5 Å². The average molecular weight is 291 g/mol. The van der Waals surface area contributed by atoms with Crippen molar-refractivity contribution in [2.75, 3.05) is 0 Å². The summed E-state index contributed by atoms with van der Waals surface area (Å²) in [6, 6.07) is 2.05. The minimum Gasteiger partial charge on any atom is -0.348 e. The van der Waals surface area contributed by atoms with Crippen LogP contribution in [0.25, 0.3) is 0 Å². The van der Waals surface area contributed by atoms with E-state index < -0.39 is 0 Å². The maximum absolute atomic E-state index is 12.3. The lowest BCUT2D eigenvalue weighted by atomic mass is 10.0. The average Bonchev–Trinajstić information content (AvgIpc) is 3.11. The third-order valence-corrected chi connectivity index (χ3v) is 5.07. The molecular weight excluding hydrogens is 274 g/mol. The number of rotatable bonds is 3. The number of nitrogens with zero attached hydrogens (tertiary/aromatic N) is 3. The highest BCUT2D eigenvalue weighted by Gasteiger charge is 2.33. The predicted octanol–water partition coefficient (Wildman–Crippen LogP) is 1.94. The predicted molar refractivity (Wildman–Crippen MR) is 75.8 cm³/mol. The van der Waals surface area contributed by atoms with Crippen molar-refractivity contribution in [2.24, 2.45) is 0 Å². The van der Waals surface area contributed by atoms with Gasteiger partial charge in [-0.3, -0.25) is 4.79 Å². The molecule has 3 rings (SSSR count). The summed E-state index contributed by atoms with van der Waals surface area (Å²) in [6.07, 6.45) is 3.04. The topological polar surface area (TPSA) is 83.6 Å². The Balaban J connectivity index is 1.72. The van der Waals surface area contributed by atoms with Crippen molar-refractivity contribution in [3.05, 3.63) is 27.2 Å². The van der Waals surface area contributed by atoms with Gasteiger partial charge < -0.3 is 5.32 Å². The number of carbonyl (C=O) groups excluding carboxylic acids is 1. The summed E-state index contributed by atoms with van der Waals surface area (Å²) in [7, 11) is 0. The molecule has 1 fully saturated rings. The van der Waals surface area contributed by atoms with Gasteiger partial charge in [0, 0.05) is 16.8 Å². The molecule has 1 aliphatic rings. The van der Waals surface area contributed by atoms with Gasteiger partial charge in [-0.2, -0.15) is 5.21 Å². The summed E-state index contributed by atoms with van der Waals surface area (Å²) in [5.74, 6) is 0.873. The van der Waals surface area contributed by atoms with Crippen molar-refractivity contribution >= 4 is 17.2 Å². The Morgan fingerprint density at radius 2 is 2.30 bits per heavy atom. The first kappa shape index (κ1) is 13.2. The maximum Gasteiger partial charge on any atom is 0.261 e. The van der Waals surface area contributed by atoms with Crippen LogP contribution in [0.2, 0.25) is 0 Å². The summed E-state index contributed by atoms with van der Waals surface area (Å²) >= 11 is 1.54. The van der Waals surface area contributed by atoms with Gasteiger partial charge in [-0.25, -0.2) is 0 Å². The second-order valence-electron chi connectivity index (χ2n) is 5.24. The van der Waals surface area contributed by atoms with E-state index in [1.165, 1.54) is 10.4 Å². The van der Waals surface area contributed by atoms with Gasteiger partial charge >= 0.3 is 0 Å². The smallest absolute Gasteiger partial charge is 0.261 e. The zero-order valence-electron chi connectivity index (χ0n) is 11.5. The van der Waals surface area contributed by atoms with Crippen LogP contribution in [-0.2, 0) is 0 Å². The molecule has 7 heteroatoms. The van der Waals surface area contributed by atoms with Gasteiger partial charge in [-0.05, 0) is 38.3 Å². The molecule has 2 unspecified atom stereocenters. The second kappa shape index (κ2) is 5.32. The molecule has 1 amide bonds. The minimum atomic E-state index is 0.00611. The molecule has 1 saturated carbocycles. The Labute approximate surface area is 121 Å². The van der Waals surface area contributed by atoms with Crippen LogP contribution in [0.5, 0.6) is 0 Å². The summed E-state index contributed by atoms with van der Waals surface area (Å²) in [6.45, 7) is 4.06. The zero-order chi connectivity index (χ0) is 14.1. The number of H-pyrrole nitrogens is 1. The number of aromatic amines is 1. The Morgan fingerprint density at radius 3 is 2.95 bits per heavy atom. The molecular formula is C13H17N5OS. The molecule has 2 N–H and O–H groups in total. The van der Waals surface area contributed by atoms with Crippen molar-refractivity contribution in [3.8, 4) is 0 Å². The van der Waals surface area contributed by atoms with Gasteiger partial charge in [-0.1, -0.05) is 11.6 Å². The van der Waals surface area contributed by atoms with Crippen LogP contribution in [-0.4, -0.2) is 32.6 Å². The van der Waals surface area contributed by atoms with Gasteiger partial charge in [0.2, 0.25) is 0 Å². The number of tetrazole rings is 1. The molecule has 0 aliphatic heterocycles. The number of thiophene rings is 1. The van der Waals surface area contributed by atoms with Crippen LogP contribution in [0, 0.1) is 13.8 Å². The van der Waals surface area contributed by atoms with E-state index >= 15 is 0 Å². The number of carbonyl (C=O) groups is 1. The Bertz CT molecular complexity index is 587. The van der Waals surface area contributed by atoms with E-state index in [4.69, 9.17) is 0 Å². The van der Waals surface area contributed by atoms with Crippen molar-refractivity contribution < 1.29 is 4.79 Å². The fourth-order valence-electron chi connectivity index (χ4n) is 2.69. The van der Waals surface area contributed by atoms with E-state index in [0.717, 1.165) is 24.1 Å². The van der Waals surface area contributed by atoms with E-state index in [9.17, 15) is 4.79 Å². The first-order valence-electron chi connectivity index (χ1n) is 6.76. The molecule has 2 aromatic heterocycles. The third-order valence-electron chi connectivity index (χ3n) is 3.92. The first-order valence-corrected chi connectivity index (χ1v) is 7.58. The largest absolute Gasteiger partial charge is 0.348 e. The molecule has 106 valence electrons. The second-order valence-corrected chi connectivity index (χ2v) is 6.49. The molecule has 0 radical (unpaired) electrons. The number of aromatic nitrogens is 4. The molecule has 0 bridgehead atoms. The van der Waals surface area contributed by atoms with E-state index in [1.54, 1.807) is 11.3 Å². The van der Waals surface area contributed by atoms with Crippen LogP contribution in [0.3, 0.4) is 0 Å². The molecule has 0 saturated heterocycles. The van der Waals surface area contributed by atoms with Crippen LogP contribution in [0.15, 0.2) is 6.07 Å². The molecule has 2 aromatic rings. The molecule has 20 heavy (non-hydrogen) atoms. The Hall–Kier alpha value is -1.76. The van der Waals surface area contributed by atoms with Crippen molar-refractivity contribution in [2.45, 2.75) is 45.1 Å². The molecule has 6 nitrogen and oxygen atoms in total. The fraction of sp³-hybridized carbons (Fsp3) is 0.538. The molecule has 0 spiro atoms. The maximum atomic E-state index is 12.3. The monoisotopic (exact) mass is 291 g/mol.